The Morgan fingerprint density at radius 1 is 1.37 bits per heavy atom. The molecule has 0 bridgehead atoms. The highest BCUT2D eigenvalue weighted by atomic mass is 35.5. The molecule has 3 nitrogen and oxygen atoms in total. The number of aromatic nitrogens is 1. The zero-order valence-electron chi connectivity index (χ0n) is 10.5. The van der Waals surface area contributed by atoms with E-state index in [-0.39, 0.29) is 6.04 Å². The molecule has 0 aliphatic carbocycles. The van der Waals surface area contributed by atoms with Crippen molar-refractivity contribution in [3.05, 3.63) is 49.9 Å². The third-order valence-electron chi connectivity index (χ3n) is 2.82. The minimum Gasteiger partial charge on any atom is -0.271 e. The van der Waals surface area contributed by atoms with Crippen molar-refractivity contribution in [2.45, 2.75) is 25.8 Å². The highest BCUT2D eigenvalue weighted by Crippen LogP contribution is 2.26. The summed E-state index contributed by atoms with van der Waals surface area (Å²) in [6.07, 6.45) is 1.49. The minimum atomic E-state index is 0.0847. The molecule has 102 valence electrons. The Morgan fingerprint density at radius 2 is 2.16 bits per heavy atom. The SMILES string of the molecule is Cc1csc(CC(Cc2cccc(Cl)c2Cl)NN)n1. The van der Waals surface area contributed by atoms with Crippen LogP contribution in [0.25, 0.3) is 0 Å². The zero-order chi connectivity index (χ0) is 13.8. The summed E-state index contributed by atoms with van der Waals surface area (Å²) in [4.78, 5) is 4.44. The Balaban J connectivity index is 2.08. The van der Waals surface area contributed by atoms with Crippen molar-refractivity contribution in [3.63, 3.8) is 0 Å². The largest absolute Gasteiger partial charge is 0.271 e. The maximum atomic E-state index is 6.19. The molecule has 0 aliphatic rings. The van der Waals surface area contributed by atoms with Crippen LogP contribution in [0.5, 0.6) is 0 Å². The smallest absolute Gasteiger partial charge is 0.0944 e. The number of hydrogen-bond donors (Lipinski definition) is 2. The van der Waals surface area contributed by atoms with Crippen molar-refractivity contribution < 1.29 is 0 Å². The van der Waals surface area contributed by atoms with Gasteiger partial charge in [0, 0.05) is 23.5 Å². The molecule has 1 aromatic heterocycles. The van der Waals surface area contributed by atoms with Gasteiger partial charge in [-0.2, -0.15) is 0 Å². The van der Waals surface area contributed by atoms with Gasteiger partial charge in [0.05, 0.1) is 15.1 Å². The average Bonchev–Trinajstić information content (AvgIpc) is 2.79. The fourth-order valence-corrected chi connectivity index (χ4v) is 3.12. The van der Waals surface area contributed by atoms with Crippen LogP contribution in [-0.2, 0) is 12.8 Å². The van der Waals surface area contributed by atoms with Crippen LogP contribution in [0.4, 0.5) is 0 Å². The minimum absolute atomic E-state index is 0.0847. The first-order valence-electron chi connectivity index (χ1n) is 5.90. The number of benzene rings is 1. The highest BCUT2D eigenvalue weighted by molar-refractivity contribution is 7.09. The van der Waals surface area contributed by atoms with Crippen LogP contribution in [0.3, 0.4) is 0 Å². The third-order valence-corrected chi connectivity index (χ3v) is 4.67. The number of nitrogens with zero attached hydrogens (tertiary/aromatic N) is 1. The topological polar surface area (TPSA) is 50.9 Å². The molecule has 2 rings (SSSR count). The molecule has 0 saturated heterocycles. The Hall–Kier alpha value is -0.650. The van der Waals surface area contributed by atoms with E-state index < -0.39 is 0 Å². The van der Waals surface area contributed by atoms with Gasteiger partial charge in [-0.1, -0.05) is 35.3 Å². The summed E-state index contributed by atoms with van der Waals surface area (Å²) in [5.41, 5.74) is 4.85. The van der Waals surface area contributed by atoms with E-state index in [1.165, 1.54) is 0 Å². The average molecular weight is 316 g/mol. The molecule has 0 amide bonds. The van der Waals surface area contributed by atoms with Gasteiger partial charge in [0.15, 0.2) is 0 Å². The third kappa shape index (κ3) is 3.91. The van der Waals surface area contributed by atoms with Crippen LogP contribution in [0.15, 0.2) is 23.6 Å². The van der Waals surface area contributed by atoms with E-state index in [1.54, 1.807) is 17.4 Å². The second-order valence-electron chi connectivity index (χ2n) is 4.37. The van der Waals surface area contributed by atoms with Crippen LogP contribution in [0, 0.1) is 6.92 Å². The summed E-state index contributed by atoms with van der Waals surface area (Å²) in [6.45, 7) is 1.98. The summed E-state index contributed by atoms with van der Waals surface area (Å²) in [6, 6.07) is 5.72. The van der Waals surface area contributed by atoms with E-state index in [0.29, 0.717) is 16.5 Å². The molecule has 0 saturated carbocycles. The lowest BCUT2D eigenvalue weighted by Crippen LogP contribution is -2.38. The molecular weight excluding hydrogens is 301 g/mol. The second kappa shape index (κ2) is 6.68. The van der Waals surface area contributed by atoms with Crippen LogP contribution in [0.2, 0.25) is 10.0 Å². The number of halogens is 2. The van der Waals surface area contributed by atoms with Crippen LogP contribution in [0.1, 0.15) is 16.3 Å². The Kier molecular flexibility index (Phi) is 5.19. The standard InChI is InChI=1S/C13H15Cl2N3S/c1-8-7-19-12(17-8)6-10(18-16)5-9-3-2-4-11(14)13(9)15/h2-4,7,10,18H,5-6,16H2,1H3. The van der Waals surface area contributed by atoms with Gasteiger partial charge in [0.2, 0.25) is 0 Å². The maximum absolute atomic E-state index is 6.19. The molecule has 0 fully saturated rings. The molecule has 0 spiro atoms. The van der Waals surface area contributed by atoms with Crippen molar-refractivity contribution in [1.82, 2.24) is 10.4 Å². The monoisotopic (exact) mass is 315 g/mol. The molecule has 0 radical (unpaired) electrons. The quantitative estimate of drug-likeness (QED) is 0.657. The number of aryl methyl sites for hydroxylation is 1. The van der Waals surface area contributed by atoms with Gasteiger partial charge in [0.25, 0.3) is 0 Å². The highest BCUT2D eigenvalue weighted by Gasteiger charge is 2.14. The fourth-order valence-electron chi connectivity index (χ4n) is 1.87. The normalized spacial score (nSPS) is 12.6. The van der Waals surface area contributed by atoms with Crippen LogP contribution in [-0.4, -0.2) is 11.0 Å². The summed E-state index contributed by atoms with van der Waals surface area (Å²) in [5.74, 6) is 5.61. The second-order valence-corrected chi connectivity index (χ2v) is 6.10. The predicted octanol–water partition coefficient (Wildman–Crippen LogP) is 3.38. The molecule has 3 N–H and O–H groups in total. The molecule has 19 heavy (non-hydrogen) atoms. The summed E-state index contributed by atoms with van der Waals surface area (Å²) in [7, 11) is 0. The first-order valence-corrected chi connectivity index (χ1v) is 7.53. The molecule has 1 heterocycles. The van der Waals surface area contributed by atoms with E-state index >= 15 is 0 Å². The summed E-state index contributed by atoms with van der Waals surface area (Å²) in [5, 5.41) is 4.27. The Labute approximate surface area is 126 Å². The first-order chi connectivity index (χ1) is 9.10. The van der Waals surface area contributed by atoms with Gasteiger partial charge >= 0.3 is 0 Å². The lowest BCUT2D eigenvalue weighted by molar-refractivity contribution is 0.521. The number of hydrazine groups is 1. The van der Waals surface area contributed by atoms with E-state index in [9.17, 15) is 0 Å². The molecule has 1 unspecified atom stereocenters. The van der Waals surface area contributed by atoms with Gasteiger partial charge in [-0.15, -0.1) is 11.3 Å². The van der Waals surface area contributed by atoms with Crippen molar-refractivity contribution in [3.8, 4) is 0 Å². The van der Waals surface area contributed by atoms with Gasteiger partial charge < -0.3 is 0 Å². The Morgan fingerprint density at radius 3 is 2.79 bits per heavy atom. The maximum Gasteiger partial charge on any atom is 0.0944 e. The molecular formula is C13H15Cl2N3S. The first kappa shape index (κ1) is 14.8. The van der Waals surface area contributed by atoms with Gasteiger partial charge in [-0.25, -0.2) is 4.98 Å². The molecule has 0 aliphatic heterocycles. The van der Waals surface area contributed by atoms with Crippen molar-refractivity contribution in [2.75, 3.05) is 0 Å². The fraction of sp³-hybridized carbons (Fsp3) is 0.308. The van der Waals surface area contributed by atoms with Gasteiger partial charge in [-0.3, -0.25) is 11.3 Å². The van der Waals surface area contributed by atoms with E-state index in [2.05, 4.69) is 10.4 Å². The lowest BCUT2D eigenvalue weighted by Gasteiger charge is -2.15. The number of nitrogens with two attached hydrogens (primary N) is 1. The van der Waals surface area contributed by atoms with E-state index in [1.807, 2.05) is 24.4 Å². The van der Waals surface area contributed by atoms with E-state index in [0.717, 1.165) is 22.7 Å². The summed E-state index contributed by atoms with van der Waals surface area (Å²) < 4.78 is 0. The number of thiazole rings is 1. The predicted molar refractivity (Wildman–Crippen MR) is 81.8 cm³/mol. The summed E-state index contributed by atoms with van der Waals surface area (Å²) >= 11 is 13.8. The number of rotatable bonds is 5. The molecule has 6 heteroatoms. The van der Waals surface area contributed by atoms with Gasteiger partial charge in [0.1, 0.15) is 0 Å². The molecule has 1 aromatic carbocycles. The van der Waals surface area contributed by atoms with Crippen molar-refractivity contribution in [1.29, 1.82) is 0 Å². The van der Waals surface area contributed by atoms with Crippen molar-refractivity contribution in [2.24, 2.45) is 5.84 Å². The Bertz CT molecular complexity index is 557. The van der Waals surface area contributed by atoms with Crippen LogP contribution >= 0.6 is 34.5 Å². The number of nitrogens with one attached hydrogen (secondary N) is 1. The lowest BCUT2D eigenvalue weighted by atomic mass is 10.0. The molecule has 2 aromatic rings. The molecule has 1 atom stereocenters. The van der Waals surface area contributed by atoms with Crippen molar-refractivity contribution >= 4 is 34.5 Å². The zero-order valence-corrected chi connectivity index (χ0v) is 12.8. The number of hydrogen-bond acceptors (Lipinski definition) is 4. The van der Waals surface area contributed by atoms with Gasteiger partial charge in [-0.05, 0) is 25.0 Å². The van der Waals surface area contributed by atoms with Crippen LogP contribution < -0.4 is 11.3 Å². The van der Waals surface area contributed by atoms with E-state index in [4.69, 9.17) is 29.0 Å².